The third-order valence-electron chi connectivity index (χ3n) is 3.72. The molecule has 2 aromatic rings. The Morgan fingerprint density at radius 2 is 1.40 bits per heavy atom. The quantitative estimate of drug-likeness (QED) is 0.890. The van der Waals surface area contributed by atoms with Crippen LogP contribution in [0.2, 0.25) is 5.02 Å². The molecule has 3 heteroatoms. The van der Waals surface area contributed by atoms with E-state index >= 15 is 0 Å². The third-order valence-corrected chi connectivity index (χ3v) is 3.97. The first kappa shape index (κ1) is 14.9. The zero-order chi connectivity index (χ0) is 14.7. The summed E-state index contributed by atoms with van der Waals surface area (Å²) in [6.07, 6.45) is -0.428. The van der Waals surface area contributed by atoms with Crippen molar-refractivity contribution in [3.05, 3.63) is 64.7 Å². The lowest BCUT2D eigenvalue weighted by atomic mass is 10.1. The van der Waals surface area contributed by atoms with Crippen molar-refractivity contribution in [2.24, 2.45) is 0 Å². The minimum atomic E-state index is -0.428. The van der Waals surface area contributed by atoms with Gasteiger partial charge in [-0.15, -0.1) is 0 Å². The largest absolute Gasteiger partial charge is 0.389 e. The van der Waals surface area contributed by atoms with E-state index in [1.54, 1.807) is 6.92 Å². The van der Waals surface area contributed by atoms with Crippen LogP contribution in [0.1, 0.15) is 37.1 Å². The molecule has 0 aliphatic heterocycles. The summed E-state index contributed by atoms with van der Waals surface area (Å²) in [5, 5.41) is 10.3. The van der Waals surface area contributed by atoms with Gasteiger partial charge in [-0.3, -0.25) is 0 Å². The van der Waals surface area contributed by atoms with Crippen LogP contribution in [0.3, 0.4) is 0 Å². The van der Waals surface area contributed by atoms with E-state index in [1.165, 1.54) is 5.56 Å². The van der Waals surface area contributed by atoms with Gasteiger partial charge in [0.05, 0.1) is 12.1 Å². The van der Waals surface area contributed by atoms with Crippen LogP contribution in [0.4, 0.5) is 5.69 Å². The highest BCUT2D eigenvalue weighted by atomic mass is 35.5. The number of benzene rings is 2. The molecule has 0 aliphatic carbocycles. The van der Waals surface area contributed by atoms with E-state index in [1.807, 2.05) is 48.5 Å². The van der Waals surface area contributed by atoms with E-state index in [-0.39, 0.29) is 6.04 Å². The summed E-state index contributed by atoms with van der Waals surface area (Å²) >= 11 is 5.92. The molecule has 0 aromatic heterocycles. The smallest absolute Gasteiger partial charge is 0.0761 e. The van der Waals surface area contributed by atoms with Crippen LogP contribution in [0.15, 0.2) is 48.5 Å². The number of hydrogen-bond donors (Lipinski definition) is 1. The van der Waals surface area contributed by atoms with Crippen molar-refractivity contribution in [2.45, 2.75) is 26.0 Å². The Bertz CT molecular complexity index is 548. The van der Waals surface area contributed by atoms with Crippen LogP contribution in [0.25, 0.3) is 0 Å². The van der Waals surface area contributed by atoms with Gasteiger partial charge in [0.25, 0.3) is 0 Å². The summed E-state index contributed by atoms with van der Waals surface area (Å²) in [4.78, 5) is 2.20. The number of anilines is 1. The van der Waals surface area contributed by atoms with Crippen molar-refractivity contribution < 1.29 is 5.11 Å². The highest BCUT2D eigenvalue weighted by Gasteiger charge is 2.12. The van der Waals surface area contributed by atoms with Gasteiger partial charge in [-0.1, -0.05) is 35.9 Å². The molecule has 2 atom stereocenters. The highest BCUT2D eigenvalue weighted by molar-refractivity contribution is 6.30. The second-order valence-corrected chi connectivity index (χ2v) is 5.54. The van der Waals surface area contributed by atoms with Crippen LogP contribution in [0, 0.1) is 0 Å². The molecule has 20 heavy (non-hydrogen) atoms. The zero-order valence-electron chi connectivity index (χ0n) is 12.0. The molecule has 1 N–H and O–H groups in total. The molecule has 2 nitrogen and oxygen atoms in total. The van der Waals surface area contributed by atoms with Gasteiger partial charge >= 0.3 is 0 Å². The lowest BCUT2D eigenvalue weighted by Crippen LogP contribution is -2.21. The van der Waals surface area contributed by atoms with Crippen LogP contribution in [0.5, 0.6) is 0 Å². The topological polar surface area (TPSA) is 23.5 Å². The normalized spacial score (nSPS) is 13.8. The van der Waals surface area contributed by atoms with Crippen molar-refractivity contribution >= 4 is 17.3 Å². The van der Waals surface area contributed by atoms with Gasteiger partial charge < -0.3 is 10.0 Å². The van der Waals surface area contributed by atoms with E-state index < -0.39 is 6.10 Å². The van der Waals surface area contributed by atoms with Crippen LogP contribution < -0.4 is 4.90 Å². The molecule has 0 saturated carbocycles. The molecular formula is C17H20ClNO. The molecule has 2 rings (SSSR count). The number of hydrogen-bond acceptors (Lipinski definition) is 2. The van der Waals surface area contributed by atoms with Crippen LogP contribution in [-0.2, 0) is 0 Å². The fraction of sp³-hybridized carbons (Fsp3) is 0.294. The predicted molar refractivity (Wildman–Crippen MR) is 85.3 cm³/mol. The first-order chi connectivity index (χ1) is 9.49. The zero-order valence-corrected chi connectivity index (χ0v) is 12.8. The van der Waals surface area contributed by atoms with Gasteiger partial charge in [0.15, 0.2) is 0 Å². The van der Waals surface area contributed by atoms with E-state index in [0.717, 1.165) is 16.3 Å². The summed E-state index contributed by atoms with van der Waals surface area (Å²) in [5.41, 5.74) is 3.27. The van der Waals surface area contributed by atoms with E-state index in [2.05, 4.69) is 18.9 Å². The lowest BCUT2D eigenvalue weighted by molar-refractivity contribution is 0.199. The lowest BCUT2D eigenvalue weighted by Gasteiger charge is -2.27. The molecule has 0 saturated heterocycles. The Labute approximate surface area is 125 Å². The van der Waals surface area contributed by atoms with E-state index in [4.69, 9.17) is 11.6 Å². The summed E-state index contributed by atoms with van der Waals surface area (Å²) in [5.74, 6) is 0. The summed E-state index contributed by atoms with van der Waals surface area (Å²) in [6.45, 7) is 3.93. The Hall–Kier alpha value is -1.51. The summed E-state index contributed by atoms with van der Waals surface area (Å²) in [7, 11) is 2.07. The highest BCUT2D eigenvalue weighted by Crippen LogP contribution is 2.27. The van der Waals surface area contributed by atoms with E-state index in [0.29, 0.717) is 0 Å². The fourth-order valence-electron chi connectivity index (χ4n) is 2.18. The molecule has 0 radical (unpaired) electrons. The molecule has 0 heterocycles. The van der Waals surface area contributed by atoms with Gasteiger partial charge in [-0.2, -0.15) is 0 Å². The monoisotopic (exact) mass is 289 g/mol. The first-order valence-electron chi connectivity index (χ1n) is 6.75. The van der Waals surface area contributed by atoms with Crippen LogP contribution >= 0.6 is 11.6 Å². The number of rotatable bonds is 4. The number of halogens is 1. The summed E-state index contributed by atoms with van der Waals surface area (Å²) in [6, 6.07) is 16.2. The van der Waals surface area contributed by atoms with Gasteiger partial charge in [0.1, 0.15) is 0 Å². The number of aliphatic hydroxyl groups excluding tert-OH is 1. The SMILES string of the molecule is CC(O)c1ccc(N(C)C(C)c2ccc(Cl)cc2)cc1. The third kappa shape index (κ3) is 3.33. The second kappa shape index (κ2) is 6.29. The Balaban J connectivity index is 2.17. The minimum Gasteiger partial charge on any atom is -0.389 e. The molecule has 0 aliphatic rings. The van der Waals surface area contributed by atoms with Crippen molar-refractivity contribution in [2.75, 3.05) is 11.9 Å². The summed E-state index contributed by atoms with van der Waals surface area (Å²) < 4.78 is 0. The predicted octanol–water partition coefficient (Wildman–Crippen LogP) is 4.59. The van der Waals surface area contributed by atoms with E-state index in [9.17, 15) is 5.11 Å². The molecule has 0 amide bonds. The van der Waals surface area contributed by atoms with Gasteiger partial charge in [-0.25, -0.2) is 0 Å². The van der Waals surface area contributed by atoms with Crippen molar-refractivity contribution in [3.63, 3.8) is 0 Å². The van der Waals surface area contributed by atoms with Gasteiger partial charge in [-0.05, 0) is 49.2 Å². The number of nitrogens with zero attached hydrogens (tertiary/aromatic N) is 1. The van der Waals surface area contributed by atoms with Crippen LogP contribution in [-0.4, -0.2) is 12.2 Å². The molecule has 0 fully saturated rings. The van der Waals surface area contributed by atoms with Gasteiger partial charge in [0, 0.05) is 17.8 Å². The maximum atomic E-state index is 9.54. The molecule has 0 bridgehead atoms. The molecule has 2 aromatic carbocycles. The molecular weight excluding hydrogens is 270 g/mol. The Morgan fingerprint density at radius 1 is 0.900 bits per heavy atom. The second-order valence-electron chi connectivity index (χ2n) is 5.11. The van der Waals surface area contributed by atoms with Crippen molar-refractivity contribution in [1.29, 1.82) is 0 Å². The van der Waals surface area contributed by atoms with Crippen molar-refractivity contribution in [1.82, 2.24) is 0 Å². The molecule has 2 unspecified atom stereocenters. The number of aliphatic hydroxyl groups is 1. The average Bonchev–Trinajstić information content (AvgIpc) is 2.46. The Kier molecular flexibility index (Phi) is 4.69. The van der Waals surface area contributed by atoms with Gasteiger partial charge in [0.2, 0.25) is 0 Å². The minimum absolute atomic E-state index is 0.254. The Morgan fingerprint density at radius 3 is 1.90 bits per heavy atom. The van der Waals surface area contributed by atoms with Crippen molar-refractivity contribution in [3.8, 4) is 0 Å². The maximum Gasteiger partial charge on any atom is 0.0761 e. The first-order valence-corrected chi connectivity index (χ1v) is 7.13. The maximum absolute atomic E-state index is 9.54. The average molecular weight is 290 g/mol. The molecule has 0 spiro atoms. The molecule has 106 valence electrons. The standard InChI is InChI=1S/C17H20ClNO/c1-12(14-4-8-16(18)9-5-14)19(3)17-10-6-15(7-11-17)13(2)20/h4-13,20H,1-3H3. The fourth-order valence-corrected chi connectivity index (χ4v) is 2.30.